The quantitative estimate of drug-likeness (QED) is 0.531. The minimum absolute atomic E-state index is 0.150. The number of thiophene rings is 1. The van der Waals surface area contributed by atoms with Gasteiger partial charge in [-0.1, -0.05) is 36.7 Å². The Morgan fingerprint density at radius 2 is 2.19 bits per heavy atom. The van der Waals surface area contributed by atoms with Crippen LogP contribution in [0.15, 0.2) is 34.9 Å². The Labute approximate surface area is 171 Å². The number of aromatic nitrogens is 4. The molecule has 0 spiro atoms. The third kappa shape index (κ3) is 5.09. The molecule has 6 nitrogen and oxygen atoms in total. The summed E-state index contributed by atoms with van der Waals surface area (Å²) in [6, 6.07) is 5.53. The highest BCUT2D eigenvalue weighted by Crippen LogP contribution is 2.28. The first-order valence-electron chi connectivity index (χ1n) is 8.65. The van der Waals surface area contributed by atoms with E-state index in [1.54, 1.807) is 23.5 Å². The highest BCUT2D eigenvalue weighted by Gasteiger charge is 2.16. The molecular weight excluding hydrogens is 402 g/mol. The number of nitrogens with zero attached hydrogens (tertiary/aromatic N) is 4. The molecule has 9 heteroatoms. The van der Waals surface area contributed by atoms with Gasteiger partial charge in [0.25, 0.3) is 0 Å². The second-order valence-electron chi connectivity index (χ2n) is 5.80. The largest absolute Gasteiger partial charge is 0.310 e. The van der Waals surface area contributed by atoms with Crippen molar-refractivity contribution in [2.24, 2.45) is 0 Å². The molecule has 1 N–H and O–H groups in total. The second-order valence-corrected chi connectivity index (χ2v) is 8.18. The van der Waals surface area contributed by atoms with Gasteiger partial charge in [-0.3, -0.25) is 4.79 Å². The van der Waals surface area contributed by atoms with Gasteiger partial charge in [0.1, 0.15) is 5.82 Å². The highest BCUT2D eigenvalue weighted by molar-refractivity contribution is 7.99. The summed E-state index contributed by atoms with van der Waals surface area (Å²) in [6.45, 7) is 4.96. The summed E-state index contributed by atoms with van der Waals surface area (Å²) in [5, 5.41) is 14.7. The number of rotatable bonds is 8. The van der Waals surface area contributed by atoms with Gasteiger partial charge in [0.05, 0.1) is 10.8 Å². The van der Waals surface area contributed by atoms with Crippen LogP contribution in [0.1, 0.15) is 25.1 Å². The molecule has 3 aromatic heterocycles. The van der Waals surface area contributed by atoms with Crippen LogP contribution in [0.25, 0.3) is 11.4 Å². The van der Waals surface area contributed by atoms with Gasteiger partial charge in [0.15, 0.2) is 11.0 Å². The lowest BCUT2D eigenvalue weighted by molar-refractivity contribution is -0.113. The number of thioether (sulfide) groups is 1. The lowest BCUT2D eigenvalue weighted by Gasteiger charge is -2.07. The number of carbonyl (C=O) groups is 1. The lowest BCUT2D eigenvalue weighted by Crippen LogP contribution is -2.15. The Morgan fingerprint density at radius 3 is 2.89 bits per heavy atom. The smallest absolute Gasteiger partial charge is 0.236 e. The maximum Gasteiger partial charge on any atom is 0.236 e. The first-order valence-corrected chi connectivity index (χ1v) is 10.9. The molecule has 0 bridgehead atoms. The van der Waals surface area contributed by atoms with Crippen LogP contribution in [0.4, 0.5) is 5.82 Å². The Hall–Kier alpha value is -1.90. The second kappa shape index (κ2) is 9.34. The van der Waals surface area contributed by atoms with Crippen LogP contribution >= 0.6 is 34.7 Å². The summed E-state index contributed by atoms with van der Waals surface area (Å²) in [7, 11) is 0. The van der Waals surface area contributed by atoms with E-state index in [0.29, 0.717) is 10.8 Å². The van der Waals surface area contributed by atoms with Crippen molar-refractivity contribution >= 4 is 46.4 Å². The Balaban J connectivity index is 1.65. The van der Waals surface area contributed by atoms with Gasteiger partial charge >= 0.3 is 0 Å². The molecule has 142 valence electrons. The number of hydrogen-bond donors (Lipinski definition) is 1. The standard InChI is InChI=1S/C18H20ClN5OS2/c1-3-5-14-8-12(10-26-14)17-22-23-18(24(17)4-2)27-11-16(25)21-15-7-6-13(19)9-20-15/h6-10H,3-5,11H2,1-2H3,(H,20,21,25). The van der Waals surface area contributed by atoms with E-state index in [4.69, 9.17) is 11.6 Å². The van der Waals surface area contributed by atoms with Crippen LogP contribution < -0.4 is 5.32 Å². The zero-order valence-corrected chi connectivity index (χ0v) is 17.5. The molecule has 0 atom stereocenters. The molecule has 0 aliphatic heterocycles. The summed E-state index contributed by atoms with van der Waals surface area (Å²) in [4.78, 5) is 17.6. The van der Waals surface area contributed by atoms with E-state index in [-0.39, 0.29) is 11.7 Å². The van der Waals surface area contributed by atoms with Crippen molar-refractivity contribution < 1.29 is 4.79 Å². The summed E-state index contributed by atoms with van der Waals surface area (Å²) in [5.41, 5.74) is 1.08. The van der Waals surface area contributed by atoms with Gasteiger partial charge in [-0.25, -0.2) is 4.98 Å². The number of nitrogens with one attached hydrogen (secondary N) is 1. The van der Waals surface area contributed by atoms with E-state index in [9.17, 15) is 4.79 Å². The molecule has 1 amide bonds. The normalized spacial score (nSPS) is 10.9. The monoisotopic (exact) mass is 421 g/mol. The van der Waals surface area contributed by atoms with Gasteiger partial charge < -0.3 is 9.88 Å². The van der Waals surface area contributed by atoms with Crippen LogP contribution in [-0.4, -0.2) is 31.4 Å². The summed E-state index contributed by atoms with van der Waals surface area (Å²) < 4.78 is 2.04. The molecule has 3 rings (SSSR count). The van der Waals surface area contributed by atoms with Crippen LogP contribution in [-0.2, 0) is 17.8 Å². The minimum atomic E-state index is -0.150. The fraction of sp³-hybridized carbons (Fsp3) is 0.333. The number of carbonyl (C=O) groups excluding carboxylic acids is 1. The molecular formula is C18H20ClN5OS2. The predicted octanol–water partition coefficient (Wildman–Crippen LogP) is 4.76. The van der Waals surface area contributed by atoms with Gasteiger partial charge in [0, 0.05) is 28.6 Å². The molecule has 0 aromatic carbocycles. The first-order chi connectivity index (χ1) is 13.1. The Bertz CT molecular complexity index is 907. The molecule has 0 aliphatic rings. The van der Waals surface area contributed by atoms with Crippen LogP contribution in [0.5, 0.6) is 0 Å². The molecule has 0 aliphatic carbocycles. The Morgan fingerprint density at radius 1 is 1.33 bits per heavy atom. The first kappa shape index (κ1) is 19.9. The molecule has 3 heterocycles. The van der Waals surface area contributed by atoms with Crippen LogP contribution in [0.3, 0.4) is 0 Å². The van der Waals surface area contributed by atoms with E-state index in [1.165, 1.54) is 22.8 Å². The Kier molecular flexibility index (Phi) is 6.87. The van der Waals surface area contributed by atoms with E-state index in [1.807, 2.05) is 11.5 Å². The van der Waals surface area contributed by atoms with E-state index < -0.39 is 0 Å². The van der Waals surface area contributed by atoms with E-state index >= 15 is 0 Å². The number of hydrogen-bond acceptors (Lipinski definition) is 6. The molecule has 0 unspecified atom stereocenters. The molecule has 0 fully saturated rings. The van der Waals surface area contributed by atoms with Crippen LogP contribution in [0, 0.1) is 0 Å². The summed E-state index contributed by atoms with van der Waals surface area (Å²) >= 11 is 8.91. The maximum absolute atomic E-state index is 12.2. The van der Waals surface area contributed by atoms with Crippen LogP contribution in [0.2, 0.25) is 5.02 Å². The fourth-order valence-electron chi connectivity index (χ4n) is 2.53. The summed E-state index contributed by atoms with van der Waals surface area (Å²) in [5.74, 6) is 1.40. The number of aryl methyl sites for hydroxylation is 1. The van der Waals surface area contributed by atoms with Crippen molar-refractivity contribution in [3.63, 3.8) is 0 Å². The number of amides is 1. The number of anilines is 1. The van der Waals surface area contributed by atoms with Crippen molar-refractivity contribution in [1.82, 2.24) is 19.7 Å². The molecule has 3 aromatic rings. The van der Waals surface area contributed by atoms with Crippen molar-refractivity contribution in [3.05, 3.63) is 39.7 Å². The maximum atomic E-state index is 12.2. The highest BCUT2D eigenvalue weighted by atomic mass is 35.5. The molecule has 0 saturated heterocycles. The van der Waals surface area contributed by atoms with Crippen molar-refractivity contribution in [1.29, 1.82) is 0 Å². The topological polar surface area (TPSA) is 72.7 Å². The average Bonchev–Trinajstić information content (AvgIpc) is 3.28. The summed E-state index contributed by atoms with van der Waals surface area (Å²) in [6.07, 6.45) is 3.70. The average molecular weight is 422 g/mol. The van der Waals surface area contributed by atoms with Crippen molar-refractivity contribution in [2.45, 2.75) is 38.4 Å². The van der Waals surface area contributed by atoms with E-state index in [2.05, 4.69) is 38.9 Å². The zero-order chi connectivity index (χ0) is 19.2. The fourth-order valence-corrected chi connectivity index (χ4v) is 4.41. The zero-order valence-electron chi connectivity index (χ0n) is 15.1. The third-order valence-corrected chi connectivity index (χ3v) is 5.96. The third-order valence-electron chi connectivity index (χ3n) is 3.77. The van der Waals surface area contributed by atoms with Gasteiger partial charge in [-0.15, -0.1) is 21.5 Å². The molecule has 27 heavy (non-hydrogen) atoms. The van der Waals surface area contributed by atoms with Gasteiger partial charge in [-0.05, 0) is 31.5 Å². The SMILES string of the molecule is CCCc1cc(-c2nnc(SCC(=O)Nc3ccc(Cl)cn3)n2CC)cs1. The van der Waals surface area contributed by atoms with Gasteiger partial charge in [-0.2, -0.15) is 0 Å². The molecule has 0 saturated carbocycles. The molecule has 0 radical (unpaired) electrons. The lowest BCUT2D eigenvalue weighted by atomic mass is 10.2. The van der Waals surface area contributed by atoms with Crippen molar-refractivity contribution in [3.8, 4) is 11.4 Å². The predicted molar refractivity (Wildman–Crippen MR) is 112 cm³/mol. The van der Waals surface area contributed by atoms with E-state index in [0.717, 1.165) is 35.9 Å². The number of pyridine rings is 1. The number of halogens is 1. The van der Waals surface area contributed by atoms with Crippen molar-refractivity contribution in [2.75, 3.05) is 11.1 Å². The van der Waals surface area contributed by atoms with Gasteiger partial charge in [0.2, 0.25) is 5.91 Å². The minimum Gasteiger partial charge on any atom is -0.310 e.